The number of hydrogen-bond acceptors (Lipinski definition) is 5. The Kier molecular flexibility index (Phi) is 6.56. The highest BCUT2D eigenvalue weighted by Crippen LogP contribution is 2.20. The van der Waals surface area contributed by atoms with E-state index in [1.54, 1.807) is 35.2 Å². The van der Waals surface area contributed by atoms with Gasteiger partial charge in [-0.25, -0.2) is 0 Å². The second kappa shape index (κ2) is 8.90. The second-order valence-electron chi connectivity index (χ2n) is 6.15. The normalized spacial score (nSPS) is 16.0. The molecule has 144 valence electrons. The van der Waals surface area contributed by atoms with E-state index in [1.807, 2.05) is 29.5 Å². The Morgan fingerprint density at radius 2 is 2.07 bits per heavy atom. The molecule has 3 rings (SSSR count). The summed E-state index contributed by atoms with van der Waals surface area (Å²) in [6.07, 6.45) is 1.59. The van der Waals surface area contributed by atoms with Crippen molar-refractivity contribution in [3.8, 4) is 0 Å². The Morgan fingerprint density at radius 1 is 1.30 bits per heavy atom. The minimum atomic E-state index is -3.73. The fourth-order valence-corrected chi connectivity index (χ4v) is 5.41. The van der Waals surface area contributed by atoms with Crippen LogP contribution < -0.4 is 5.32 Å². The molecule has 1 amide bonds. The number of amides is 1. The largest absolute Gasteiger partial charge is 0.362 e. The first-order valence-electron chi connectivity index (χ1n) is 8.49. The average Bonchev–Trinajstić information content (AvgIpc) is 3.28. The molecule has 1 aromatic heterocycles. The van der Waals surface area contributed by atoms with Crippen LogP contribution in [0.1, 0.15) is 17.7 Å². The lowest BCUT2D eigenvalue weighted by Crippen LogP contribution is -2.20. The molecule has 0 aliphatic carbocycles. The number of anilines is 1. The number of sulfonamides is 1. The fraction of sp³-hybridized carbons (Fsp3) is 0.333. The quantitative estimate of drug-likeness (QED) is 0.738. The summed E-state index contributed by atoms with van der Waals surface area (Å²) >= 11 is 3.21. The van der Waals surface area contributed by atoms with Crippen LogP contribution in [0.15, 0.2) is 51.1 Å². The summed E-state index contributed by atoms with van der Waals surface area (Å²) in [5.74, 6) is 1.63. The minimum absolute atomic E-state index is 0.111. The van der Waals surface area contributed by atoms with Gasteiger partial charge in [-0.05, 0) is 42.1 Å². The van der Waals surface area contributed by atoms with Gasteiger partial charge in [-0.3, -0.25) is 4.79 Å². The topological polar surface area (TPSA) is 78.8 Å². The first-order chi connectivity index (χ1) is 12.9. The van der Waals surface area contributed by atoms with Crippen LogP contribution in [0, 0.1) is 0 Å². The highest BCUT2D eigenvalue weighted by molar-refractivity contribution is 7.99. The molecule has 1 fully saturated rings. The van der Waals surface area contributed by atoms with Crippen LogP contribution in [0.3, 0.4) is 0 Å². The highest BCUT2D eigenvalue weighted by Gasteiger charge is 2.20. The smallest absolute Gasteiger partial charge is 0.283 e. The summed E-state index contributed by atoms with van der Waals surface area (Å²) in [5, 5.41) is 4.80. The molecule has 1 aromatic carbocycles. The van der Waals surface area contributed by atoms with Crippen LogP contribution in [0.25, 0.3) is 0 Å². The van der Waals surface area contributed by atoms with E-state index in [2.05, 4.69) is 9.71 Å². The van der Waals surface area contributed by atoms with E-state index in [0.717, 1.165) is 18.7 Å². The monoisotopic (exact) mass is 423 g/mol. The lowest BCUT2D eigenvalue weighted by atomic mass is 10.3. The van der Waals surface area contributed by atoms with Crippen molar-refractivity contribution in [2.75, 3.05) is 24.7 Å². The molecule has 0 atom stereocenters. The van der Waals surface area contributed by atoms with Gasteiger partial charge in [0.25, 0.3) is 10.0 Å². The zero-order valence-corrected chi connectivity index (χ0v) is 17.4. The molecule has 6 nitrogen and oxygen atoms in total. The summed E-state index contributed by atoms with van der Waals surface area (Å²) in [7, 11) is -1.89. The van der Waals surface area contributed by atoms with E-state index in [4.69, 9.17) is 0 Å². The zero-order valence-electron chi connectivity index (χ0n) is 14.9. The van der Waals surface area contributed by atoms with Gasteiger partial charge >= 0.3 is 0 Å². The number of rotatable bonds is 7. The van der Waals surface area contributed by atoms with E-state index < -0.39 is 10.0 Å². The Bertz CT molecular complexity index is 907. The molecule has 1 N–H and O–H groups in total. The summed E-state index contributed by atoms with van der Waals surface area (Å²) in [4.78, 5) is 15.2. The molecule has 9 heteroatoms. The number of carbonyl (C=O) groups is 1. The maximum absolute atomic E-state index is 12.4. The third-order valence-electron chi connectivity index (χ3n) is 4.05. The highest BCUT2D eigenvalue weighted by atomic mass is 32.2. The molecule has 1 aliphatic heterocycles. The summed E-state index contributed by atoms with van der Waals surface area (Å²) in [5.41, 5.74) is 0.571. The van der Waals surface area contributed by atoms with Crippen LogP contribution in [0.2, 0.25) is 0 Å². The van der Waals surface area contributed by atoms with Gasteiger partial charge < -0.3 is 10.2 Å². The van der Waals surface area contributed by atoms with Crippen molar-refractivity contribution in [2.24, 2.45) is 4.40 Å². The van der Waals surface area contributed by atoms with Crippen molar-refractivity contribution in [3.63, 3.8) is 0 Å². The number of amidine groups is 1. The Labute approximate surface area is 167 Å². The van der Waals surface area contributed by atoms with Crippen molar-refractivity contribution in [1.82, 2.24) is 4.90 Å². The van der Waals surface area contributed by atoms with E-state index in [1.165, 1.54) is 17.0 Å². The predicted octanol–water partition coefficient (Wildman–Crippen LogP) is 3.43. The van der Waals surface area contributed by atoms with Gasteiger partial charge in [0.15, 0.2) is 0 Å². The van der Waals surface area contributed by atoms with E-state index in [0.29, 0.717) is 23.7 Å². The standard InChI is InChI=1S/C18H21N3O3S3/c1-21-10-2-5-17(21)20-27(23,24)16-8-6-14(7-9-16)19-18(22)13-25-12-15-4-3-11-26-15/h3-4,6-9,11H,2,5,10,12-13H2,1H3,(H,19,22). The Balaban J connectivity index is 1.55. The molecule has 0 unspecified atom stereocenters. The minimum Gasteiger partial charge on any atom is -0.362 e. The van der Waals surface area contributed by atoms with E-state index in [9.17, 15) is 13.2 Å². The van der Waals surface area contributed by atoms with Crippen molar-refractivity contribution in [1.29, 1.82) is 0 Å². The van der Waals surface area contributed by atoms with Crippen LogP contribution >= 0.6 is 23.1 Å². The van der Waals surface area contributed by atoms with Gasteiger partial charge in [0.2, 0.25) is 5.91 Å². The number of benzene rings is 1. The number of hydrogen-bond donors (Lipinski definition) is 1. The Hall–Kier alpha value is -1.84. The Morgan fingerprint density at radius 3 is 2.70 bits per heavy atom. The average molecular weight is 424 g/mol. The van der Waals surface area contributed by atoms with Crippen molar-refractivity contribution < 1.29 is 13.2 Å². The van der Waals surface area contributed by atoms with Gasteiger partial charge in [0, 0.05) is 36.3 Å². The molecule has 0 radical (unpaired) electrons. The first kappa shape index (κ1) is 19.9. The number of thiophene rings is 1. The number of thioether (sulfide) groups is 1. The zero-order chi connectivity index (χ0) is 19.3. The second-order valence-corrected chi connectivity index (χ2v) is 9.77. The van der Waals surface area contributed by atoms with Gasteiger partial charge in [-0.2, -0.15) is 8.42 Å². The summed E-state index contributed by atoms with van der Waals surface area (Å²) in [6, 6.07) is 10.2. The fourth-order valence-electron chi connectivity index (χ4n) is 2.65. The van der Waals surface area contributed by atoms with Crippen molar-refractivity contribution in [2.45, 2.75) is 23.5 Å². The molecular formula is C18H21N3O3S3. The maximum Gasteiger partial charge on any atom is 0.283 e. The molecule has 2 aromatic rings. The van der Waals surface area contributed by atoms with Gasteiger partial charge in [-0.15, -0.1) is 27.5 Å². The maximum atomic E-state index is 12.4. The van der Waals surface area contributed by atoms with E-state index in [-0.39, 0.29) is 10.8 Å². The molecule has 2 heterocycles. The third kappa shape index (κ3) is 5.57. The van der Waals surface area contributed by atoms with Crippen molar-refractivity contribution >= 4 is 50.6 Å². The third-order valence-corrected chi connectivity index (χ3v) is 7.41. The van der Waals surface area contributed by atoms with Gasteiger partial charge in [0.1, 0.15) is 5.84 Å². The van der Waals surface area contributed by atoms with E-state index >= 15 is 0 Å². The van der Waals surface area contributed by atoms with Crippen LogP contribution in [-0.2, 0) is 20.6 Å². The van der Waals surface area contributed by atoms with Crippen LogP contribution in [0.5, 0.6) is 0 Å². The van der Waals surface area contributed by atoms with Crippen LogP contribution in [0.4, 0.5) is 5.69 Å². The summed E-state index contributed by atoms with van der Waals surface area (Å²) < 4.78 is 28.8. The first-order valence-corrected chi connectivity index (χ1v) is 12.0. The molecule has 1 aliphatic rings. The molecular weight excluding hydrogens is 402 g/mol. The van der Waals surface area contributed by atoms with Gasteiger partial charge in [-0.1, -0.05) is 6.07 Å². The predicted molar refractivity (Wildman–Crippen MR) is 112 cm³/mol. The molecule has 0 saturated carbocycles. The molecule has 27 heavy (non-hydrogen) atoms. The lowest BCUT2D eigenvalue weighted by molar-refractivity contribution is -0.113. The number of likely N-dealkylation sites (tertiary alicyclic amines) is 1. The SMILES string of the molecule is CN1CCCC1=NS(=O)(=O)c1ccc(NC(=O)CSCc2cccs2)cc1. The number of nitrogens with zero attached hydrogens (tertiary/aromatic N) is 2. The summed E-state index contributed by atoms with van der Waals surface area (Å²) in [6.45, 7) is 0.823. The van der Waals surface area contributed by atoms with Crippen LogP contribution in [-0.4, -0.2) is 44.4 Å². The molecule has 1 saturated heterocycles. The molecule has 0 bridgehead atoms. The number of carbonyl (C=O) groups excluding carboxylic acids is 1. The van der Waals surface area contributed by atoms with Crippen molar-refractivity contribution in [3.05, 3.63) is 46.7 Å². The molecule has 0 spiro atoms. The van der Waals surface area contributed by atoms with Gasteiger partial charge in [0.05, 0.1) is 10.6 Å². The lowest BCUT2D eigenvalue weighted by Gasteiger charge is -2.11. The number of nitrogens with one attached hydrogen (secondary N) is 1.